The lowest BCUT2D eigenvalue weighted by Gasteiger charge is -2.21. The van der Waals surface area contributed by atoms with Gasteiger partial charge in [0.1, 0.15) is 0 Å². The minimum absolute atomic E-state index is 0.136. The van der Waals surface area contributed by atoms with E-state index in [2.05, 4.69) is 17.5 Å². The second-order valence-electron chi connectivity index (χ2n) is 3.74. The third-order valence-corrected chi connectivity index (χ3v) is 2.62. The van der Waals surface area contributed by atoms with Gasteiger partial charge in [0.05, 0.1) is 12.5 Å². The van der Waals surface area contributed by atoms with Crippen LogP contribution in [0, 0.1) is 5.92 Å². The third-order valence-electron chi connectivity index (χ3n) is 2.62. The summed E-state index contributed by atoms with van der Waals surface area (Å²) in [5, 5.41) is 12.0. The molecule has 0 fully saturated rings. The third kappa shape index (κ3) is 1.58. The number of carboxylic acids is 1. The van der Waals surface area contributed by atoms with Crippen LogP contribution in [0.15, 0.2) is 35.6 Å². The van der Waals surface area contributed by atoms with Gasteiger partial charge in [0, 0.05) is 11.6 Å². The Morgan fingerprint density at radius 3 is 3.14 bits per heavy atom. The second-order valence-corrected chi connectivity index (χ2v) is 3.74. The largest absolute Gasteiger partial charge is 0.481 e. The van der Waals surface area contributed by atoms with Gasteiger partial charge in [0.15, 0.2) is 0 Å². The number of aliphatic carboxylic acids is 1. The molecule has 0 aromatic heterocycles. The van der Waals surface area contributed by atoms with E-state index < -0.39 is 5.97 Å². The molecule has 0 aromatic rings. The average Bonchev–Trinajstić information content (AvgIpc) is 2.45. The summed E-state index contributed by atoms with van der Waals surface area (Å²) >= 11 is 0. The molecule has 2 atom stereocenters. The fraction of sp³-hybridized carbons (Fsp3) is 0.364. The molecule has 74 valence electrons. The molecule has 1 heterocycles. The maximum Gasteiger partial charge on any atom is 0.307 e. The number of allylic oxidation sites excluding steroid dienone is 3. The highest BCUT2D eigenvalue weighted by molar-refractivity contribution is 5.70. The van der Waals surface area contributed by atoms with Gasteiger partial charge in [0.25, 0.3) is 0 Å². The molecular formula is C11H13NO2. The van der Waals surface area contributed by atoms with Crippen LogP contribution in [-0.4, -0.2) is 17.1 Å². The number of hydrogen-bond acceptors (Lipinski definition) is 2. The van der Waals surface area contributed by atoms with E-state index in [0.717, 1.165) is 11.3 Å². The van der Waals surface area contributed by atoms with Gasteiger partial charge in [-0.2, -0.15) is 0 Å². The Bertz CT molecular complexity index is 352. The molecule has 0 bridgehead atoms. The Kier molecular flexibility index (Phi) is 2.15. The van der Waals surface area contributed by atoms with Gasteiger partial charge in [-0.25, -0.2) is 0 Å². The monoisotopic (exact) mass is 191 g/mol. The van der Waals surface area contributed by atoms with Crippen molar-refractivity contribution in [1.82, 2.24) is 5.32 Å². The van der Waals surface area contributed by atoms with E-state index in [0.29, 0.717) is 0 Å². The number of carboxylic acid groups (broad SMARTS) is 1. The molecule has 0 amide bonds. The summed E-state index contributed by atoms with van der Waals surface area (Å²) in [6.07, 6.45) is 8.15. The quantitative estimate of drug-likeness (QED) is 0.694. The SMILES string of the molecule is CC1=CC2C(CC(=O)O)=CC=CC2N1. The van der Waals surface area contributed by atoms with Crippen LogP contribution in [0.5, 0.6) is 0 Å². The molecule has 14 heavy (non-hydrogen) atoms. The Hall–Kier alpha value is -1.51. The van der Waals surface area contributed by atoms with E-state index >= 15 is 0 Å². The lowest BCUT2D eigenvalue weighted by atomic mass is 9.87. The van der Waals surface area contributed by atoms with E-state index in [-0.39, 0.29) is 18.4 Å². The Labute approximate surface area is 82.8 Å². The van der Waals surface area contributed by atoms with Crippen molar-refractivity contribution in [3.63, 3.8) is 0 Å². The van der Waals surface area contributed by atoms with Crippen molar-refractivity contribution in [2.75, 3.05) is 0 Å². The summed E-state index contributed by atoms with van der Waals surface area (Å²) in [5.41, 5.74) is 2.11. The predicted molar refractivity (Wildman–Crippen MR) is 53.6 cm³/mol. The summed E-state index contributed by atoms with van der Waals surface area (Å²) in [6.45, 7) is 2.00. The van der Waals surface area contributed by atoms with E-state index in [1.165, 1.54) is 0 Å². The first-order valence-electron chi connectivity index (χ1n) is 4.71. The number of hydrogen-bond donors (Lipinski definition) is 2. The molecule has 0 radical (unpaired) electrons. The van der Waals surface area contributed by atoms with Crippen LogP contribution >= 0.6 is 0 Å². The first kappa shape index (κ1) is 9.06. The lowest BCUT2D eigenvalue weighted by Crippen LogP contribution is -2.28. The van der Waals surface area contributed by atoms with Crippen molar-refractivity contribution in [2.45, 2.75) is 19.4 Å². The molecule has 2 aliphatic rings. The van der Waals surface area contributed by atoms with E-state index in [1.54, 1.807) is 0 Å². The molecule has 0 saturated heterocycles. The predicted octanol–water partition coefficient (Wildman–Crippen LogP) is 1.45. The van der Waals surface area contributed by atoms with Gasteiger partial charge in [-0.1, -0.05) is 24.3 Å². The summed E-state index contributed by atoms with van der Waals surface area (Å²) in [4.78, 5) is 10.6. The Balaban J connectivity index is 2.20. The number of rotatable bonds is 2. The maximum absolute atomic E-state index is 10.6. The number of fused-ring (bicyclic) bond motifs is 1. The molecule has 2 unspecified atom stereocenters. The standard InChI is InChI=1S/C11H13NO2/c1-7-5-9-8(6-11(13)14)3-2-4-10(9)12-7/h2-5,9-10,12H,6H2,1H3,(H,13,14). The molecule has 1 aliphatic carbocycles. The molecular weight excluding hydrogens is 178 g/mol. The maximum atomic E-state index is 10.6. The van der Waals surface area contributed by atoms with Crippen molar-refractivity contribution < 1.29 is 9.90 Å². The average molecular weight is 191 g/mol. The number of nitrogens with one attached hydrogen (secondary N) is 1. The normalized spacial score (nSPS) is 28.9. The minimum Gasteiger partial charge on any atom is -0.481 e. The Morgan fingerprint density at radius 1 is 1.64 bits per heavy atom. The molecule has 2 rings (SSSR count). The topological polar surface area (TPSA) is 49.3 Å². The zero-order valence-electron chi connectivity index (χ0n) is 8.03. The molecule has 1 aliphatic heterocycles. The second kappa shape index (κ2) is 3.33. The zero-order chi connectivity index (χ0) is 10.1. The first-order chi connectivity index (χ1) is 6.66. The summed E-state index contributed by atoms with van der Waals surface area (Å²) in [5.74, 6) is -0.528. The molecule has 0 aromatic carbocycles. The number of carbonyl (C=O) groups is 1. The van der Waals surface area contributed by atoms with Crippen LogP contribution in [0.2, 0.25) is 0 Å². The first-order valence-corrected chi connectivity index (χ1v) is 4.71. The summed E-state index contributed by atoms with van der Waals surface area (Å²) in [6, 6.07) is 0.259. The van der Waals surface area contributed by atoms with E-state index in [1.807, 2.05) is 19.1 Å². The van der Waals surface area contributed by atoms with Crippen LogP contribution < -0.4 is 5.32 Å². The van der Waals surface area contributed by atoms with Crippen LogP contribution in [0.4, 0.5) is 0 Å². The summed E-state index contributed by atoms with van der Waals surface area (Å²) < 4.78 is 0. The fourth-order valence-corrected chi connectivity index (χ4v) is 2.04. The van der Waals surface area contributed by atoms with Gasteiger partial charge in [-0.3, -0.25) is 4.79 Å². The van der Waals surface area contributed by atoms with Crippen molar-refractivity contribution >= 4 is 5.97 Å². The lowest BCUT2D eigenvalue weighted by molar-refractivity contribution is -0.136. The smallest absolute Gasteiger partial charge is 0.307 e. The van der Waals surface area contributed by atoms with Gasteiger partial charge in [-0.15, -0.1) is 0 Å². The van der Waals surface area contributed by atoms with Crippen LogP contribution in [0.3, 0.4) is 0 Å². The van der Waals surface area contributed by atoms with Crippen molar-refractivity contribution in [2.24, 2.45) is 5.92 Å². The highest BCUT2D eigenvalue weighted by atomic mass is 16.4. The summed E-state index contributed by atoms with van der Waals surface area (Å²) in [7, 11) is 0. The van der Waals surface area contributed by atoms with Crippen LogP contribution in [-0.2, 0) is 4.79 Å². The van der Waals surface area contributed by atoms with Crippen molar-refractivity contribution in [3.8, 4) is 0 Å². The highest BCUT2D eigenvalue weighted by Crippen LogP contribution is 2.30. The van der Waals surface area contributed by atoms with Gasteiger partial charge in [-0.05, 0) is 12.5 Å². The van der Waals surface area contributed by atoms with E-state index in [9.17, 15) is 4.79 Å². The molecule has 0 spiro atoms. The molecule has 3 heteroatoms. The van der Waals surface area contributed by atoms with Gasteiger partial charge >= 0.3 is 5.97 Å². The molecule has 3 nitrogen and oxygen atoms in total. The van der Waals surface area contributed by atoms with Crippen molar-refractivity contribution in [1.29, 1.82) is 0 Å². The van der Waals surface area contributed by atoms with Gasteiger partial charge in [0.2, 0.25) is 0 Å². The minimum atomic E-state index is -0.761. The molecule has 2 N–H and O–H groups in total. The zero-order valence-corrected chi connectivity index (χ0v) is 8.03. The van der Waals surface area contributed by atoms with Crippen LogP contribution in [0.25, 0.3) is 0 Å². The van der Waals surface area contributed by atoms with Crippen molar-refractivity contribution in [3.05, 3.63) is 35.6 Å². The highest BCUT2D eigenvalue weighted by Gasteiger charge is 2.28. The van der Waals surface area contributed by atoms with E-state index in [4.69, 9.17) is 5.11 Å². The van der Waals surface area contributed by atoms with Gasteiger partial charge < -0.3 is 10.4 Å². The Morgan fingerprint density at radius 2 is 2.43 bits per heavy atom. The fourth-order valence-electron chi connectivity index (χ4n) is 2.04. The van der Waals surface area contributed by atoms with Crippen LogP contribution in [0.1, 0.15) is 13.3 Å². The molecule has 0 saturated carbocycles.